The molecule has 2 fully saturated rings. The number of aromatic hydroxyl groups is 1. The number of hydrogen-bond donors (Lipinski definition) is 2. The van der Waals surface area contributed by atoms with Crippen molar-refractivity contribution in [1.29, 1.82) is 0 Å². The Hall–Kier alpha value is -2.90. The van der Waals surface area contributed by atoms with Crippen LogP contribution in [0.1, 0.15) is 12.8 Å². The van der Waals surface area contributed by atoms with E-state index in [2.05, 4.69) is 26.4 Å². The Morgan fingerprint density at radius 1 is 1.19 bits per heavy atom. The summed E-state index contributed by atoms with van der Waals surface area (Å²) in [5, 5.41) is 20.9. The third kappa shape index (κ3) is 3.20. The molecule has 8 heteroatoms. The van der Waals surface area contributed by atoms with Crippen LogP contribution in [0.3, 0.4) is 0 Å². The molecule has 0 amide bonds. The molecule has 2 atom stereocenters. The minimum absolute atomic E-state index is 0.123. The van der Waals surface area contributed by atoms with E-state index in [4.69, 9.17) is 16.6 Å². The topological polar surface area (TPSA) is 79.1 Å². The van der Waals surface area contributed by atoms with Gasteiger partial charge >= 0.3 is 0 Å². The summed E-state index contributed by atoms with van der Waals surface area (Å²) in [6.45, 7) is 3.16. The Bertz CT molecular complexity index is 1300. The summed E-state index contributed by atoms with van der Waals surface area (Å²) < 4.78 is 1.72. The van der Waals surface area contributed by atoms with E-state index in [1.54, 1.807) is 16.8 Å². The van der Waals surface area contributed by atoms with Gasteiger partial charge in [0.25, 0.3) is 0 Å². The van der Waals surface area contributed by atoms with Gasteiger partial charge in [0.05, 0.1) is 28.1 Å². The molecule has 0 unspecified atom stereocenters. The van der Waals surface area contributed by atoms with Gasteiger partial charge in [0, 0.05) is 54.8 Å². The molecule has 6 rings (SSSR count). The lowest BCUT2D eigenvalue weighted by molar-refractivity contribution is 0.340. The van der Waals surface area contributed by atoms with Crippen LogP contribution in [0.25, 0.3) is 33.2 Å². The lowest BCUT2D eigenvalue weighted by atomic mass is 9.94. The number of benzene rings is 1. The second-order valence-corrected chi connectivity index (χ2v) is 9.06. The third-order valence-electron chi connectivity index (χ3n) is 6.58. The Balaban J connectivity index is 1.38. The molecule has 0 aliphatic carbocycles. The van der Waals surface area contributed by atoms with Crippen LogP contribution in [0, 0.1) is 5.92 Å². The summed E-state index contributed by atoms with van der Waals surface area (Å²) in [4.78, 5) is 11.7. The SMILES string of the molecule is Cn1cc2cc(-c3cc(Cl)c4cc(N5C[C@@H]6CCCN[C@@H]6C5)cnc4n3)c(O)cc2n1. The monoisotopic (exact) mass is 434 g/mol. The van der Waals surface area contributed by atoms with Crippen LogP contribution in [-0.4, -0.2) is 50.5 Å². The smallest absolute Gasteiger partial charge is 0.161 e. The molecule has 2 N–H and O–H groups in total. The molecule has 2 saturated heterocycles. The highest BCUT2D eigenvalue weighted by Gasteiger charge is 2.34. The number of aromatic nitrogens is 4. The van der Waals surface area contributed by atoms with E-state index >= 15 is 0 Å². The van der Waals surface area contributed by atoms with E-state index in [0.29, 0.717) is 33.9 Å². The molecule has 3 aromatic heterocycles. The third-order valence-corrected chi connectivity index (χ3v) is 6.89. The van der Waals surface area contributed by atoms with Gasteiger partial charge in [0.1, 0.15) is 5.75 Å². The summed E-state index contributed by atoms with van der Waals surface area (Å²) in [7, 11) is 1.86. The van der Waals surface area contributed by atoms with E-state index in [0.717, 1.165) is 41.6 Å². The first kappa shape index (κ1) is 18.8. The van der Waals surface area contributed by atoms with Crippen molar-refractivity contribution in [2.45, 2.75) is 18.9 Å². The van der Waals surface area contributed by atoms with Crippen LogP contribution in [0.2, 0.25) is 5.02 Å². The molecule has 158 valence electrons. The maximum atomic E-state index is 10.6. The van der Waals surface area contributed by atoms with Gasteiger partial charge in [-0.3, -0.25) is 4.68 Å². The molecule has 0 saturated carbocycles. The quantitative estimate of drug-likeness (QED) is 0.500. The van der Waals surface area contributed by atoms with Crippen LogP contribution < -0.4 is 10.2 Å². The average molecular weight is 435 g/mol. The number of anilines is 1. The highest BCUT2D eigenvalue weighted by atomic mass is 35.5. The van der Waals surface area contributed by atoms with Gasteiger partial charge in [0.2, 0.25) is 0 Å². The van der Waals surface area contributed by atoms with Gasteiger partial charge < -0.3 is 15.3 Å². The Kier molecular flexibility index (Phi) is 4.30. The van der Waals surface area contributed by atoms with Crippen molar-refractivity contribution in [2.24, 2.45) is 13.0 Å². The van der Waals surface area contributed by atoms with Crippen molar-refractivity contribution in [3.63, 3.8) is 0 Å². The van der Waals surface area contributed by atoms with Crippen molar-refractivity contribution in [3.8, 4) is 17.0 Å². The number of fused-ring (bicyclic) bond motifs is 3. The Labute approximate surface area is 184 Å². The van der Waals surface area contributed by atoms with Gasteiger partial charge in [-0.25, -0.2) is 9.97 Å². The number of pyridine rings is 2. The van der Waals surface area contributed by atoms with Crippen molar-refractivity contribution >= 4 is 39.2 Å². The van der Waals surface area contributed by atoms with Crippen molar-refractivity contribution < 1.29 is 5.11 Å². The average Bonchev–Trinajstić information content (AvgIpc) is 3.35. The number of rotatable bonds is 2. The zero-order valence-electron chi connectivity index (χ0n) is 17.2. The molecule has 0 spiro atoms. The largest absolute Gasteiger partial charge is 0.507 e. The van der Waals surface area contributed by atoms with E-state index in [1.807, 2.05) is 25.5 Å². The fraction of sp³-hybridized carbons (Fsp3) is 0.348. The van der Waals surface area contributed by atoms with Crippen molar-refractivity contribution in [3.05, 3.63) is 41.7 Å². The first-order valence-electron chi connectivity index (χ1n) is 10.7. The predicted octanol–water partition coefficient (Wildman–Crippen LogP) is 3.73. The lowest BCUT2D eigenvalue weighted by Crippen LogP contribution is -2.40. The molecule has 5 heterocycles. The summed E-state index contributed by atoms with van der Waals surface area (Å²) in [5.74, 6) is 0.823. The lowest BCUT2D eigenvalue weighted by Gasteiger charge is -2.24. The molecule has 1 aromatic carbocycles. The molecule has 0 bridgehead atoms. The molecular weight excluding hydrogens is 412 g/mol. The van der Waals surface area contributed by atoms with Crippen LogP contribution in [-0.2, 0) is 7.05 Å². The van der Waals surface area contributed by atoms with E-state index in [1.165, 1.54) is 12.8 Å². The molecule has 7 nitrogen and oxygen atoms in total. The summed E-state index contributed by atoms with van der Waals surface area (Å²) in [5.41, 5.74) is 3.60. The number of halogens is 1. The number of aryl methyl sites for hydroxylation is 1. The second-order valence-electron chi connectivity index (χ2n) is 8.65. The minimum atomic E-state index is 0.123. The normalized spacial score (nSPS) is 21.2. The number of phenols is 1. The number of nitrogens with one attached hydrogen (secondary N) is 1. The molecular formula is C23H23ClN6O. The first-order valence-corrected chi connectivity index (χ1v) is 11.0. The van der Waals surface area contributed by atoms with Crippen molar-refractivity contribution in [2.75, 3.05) is 24.5 Å². The van der Waals surface area contributed by atoms with Gasteiger partial charge in [-0.15, -0.1) is 0 Å². The van der Waals surface area contributed by atoms with E-state index in [-0.39, 0.29) is 5.75 Å². The maximum absolute atomic E-state index is 10.6. The molecule has 31 heavy (non-hydrogen) atoms. The Morgan fingerprint density at radius 3 is 2.97 bits per heavy atom. The number of nitrogens with zero attached hydrogens (tertiary/aromatic N) is 5. The fourth-order valence-electron chi connectivity index (χ4n) is 5.01. The second kappa shape index (κ2) is 7.07. The minimum Gasteiger partial charge on any atom is -0.507 e. The summed E-state index contributed by atoms with van der Waals surface area (Å²) in [6, 6.07) is 7.99. The molecule has 2 aliphatic rings. The van der Waals surface area contributed by atoms with E-state index in [9.17, 15) is 5.11 Å². The highest BCUT2D eigenvalue weighted by Crippen LogP contribution is 2.36. The summed E-state index contributed by atoms with van der Waals surface area (Å²) >= 11 is 6.68. The van der Waals surface area contributed by atoms with Crippen LogP contribution in [0.5, 0.6) is 5.75 Å². The van der Waals surface area contributed by atoms with Gasteiger partial charge in [-0.2, -0.15) is 5.10 Å². The van der Waals surface area contributed by atoms with Crippen LogP contribution >= 0.6 is 11.6 Å². The zero-order chi connectivity index (χ0) is 21.1. The van der Waals surface area contributed by atoms with E-state index < -0.39 is 0 Å². The number of phenolic OH excluding ortho intramolecular Hbond substituents is 1. The van der Waals surface area contributed by atoms with Crippen LogP contribution in [0.4, 0.5) is 5.69 Å². The van der Waals surface area contributed by atoms with Gasteiger partial charge in [-0.05, 0) is 43.5 Å². The van der Waals surface area contributed by atoms with Crippen molar-refractivity contribution in [1.82, 2.24) is 25.1 Å². The van der Waals surface area contributed by atoms with Crippen LogP contribution in [0.15, 0.2) is 36.7 Å². The molecule has 0 radical (unpaired) electrons. The molecule has 2 aliphatic heterocycles. The molecule has 4 aromatic rings. The van der Waals surface area contributed by atoms with Gasteiger partial charge in [-0.1, -0.05) is 11.6 Å². The van der Waals surface area contributed by atoms with Gasteiger partial charge in [0.15, 0.2) is 5.65 Å². The summed E-state index contributed by atoms with van der Waals surface area (Å²) in [6.07, 6.45) is 6.33. The number of hydrogen-bond acceptors (Lipinski definition) is 6. The fourth-order valence-corrected chi connectivity index (χ4v) is 5.26. The standard InChI is InChI=1S/C23H23ClN6O/c1-29-10-14-5-17(22(31)8-19(14)28-29)20-7-18(24)16-6-15(9-26-23(16)27-20)30-11-13-3-2-4-25-21(13)12-30/h5-10,13,21,25,31H,2-4,11-12H2,1H3/t13-,21+/m0/s1. The predicted molar refractivity (Wildman–Crippen MR) is 123 cm³/mol. The Morgan fingerprint density at radius 2 is 2.10 bits per heavy atom. The first-order chi connectivity index (χ1) is 15.0. The number of piperidine rings is 1. The zero-order valence-corrected chi connectivity index (χ0v) is 18.0. The maximum Gasteiger partial charge on any atom is 0.161 e. The highest BCUT2D eigenvalue weighted by molar-refractivity contribution is 6.35.